The van der Waals surface area contributed by atoms with Gasteiger partial charge in [0.25, 0.3) is 13.4 Å². The summed E-state index contributed by atoms with van der Waals surface area (Å²) in [5, 5.41) is 0. The molecule has 8 aliphatic rings. The second kappa shape index (κ2) is 25.4. The zero-order valence-corrected chi connectivity index (χ0v) is 77.2. The molecule has 0 saturated heterocycles. The predicted octanol–water partition coefficient (Wildman–Crippen LogP) is 26.7. The van der Waals surface area contributed by atoms with Crippen LogP contribution in [0.5, 0.6) is 0 Å². The van der Waals surface area contributed by atoms with Gasteiger partial charge in [-0.2, -0.15) is 0 Å². The van der Waals surface area contributed by atoms with Gasteiger partial charge in [0.15, 0.2) is 0 Å². The fourth-order valence-electron chi connectivity index (χ4n) is 22.6. The number of rotatable bonds is 8. The molecule has 4 aliphatic carbocycles. The Morgan fingerprint density at radius 2 is 0.598 bits per heavy atom. The van der Waals surface area contributed by atoms with Crippen LogP contribution in [-0.2, 0) is 70.4 Å². The van der Waals surface area contributed by atoms with Crippen molar-refractivity contribution in [1.82, 2.24) is 0 Å². The minimum absolute atomic E-state index is 0.000467. The van der Waals surface area contributed by atoms with Crippen molar-refractivity contribution >= 4 is 115 Å². The molecule has 1 unspecified atom stereocenters. The molecule has 10 aromatic rings. The van der Waals surface area contributed by atoms with Gasteiger partial charge in [0.05, 0.1) is 22.7 Å². The number of fused-ring (bicyclic) bond motifs is 14. The molecule has 0 radical (unpaired) electrons. The lowest BCUT2D eigenvalue weighted by Crippen LogP contribution is -2.61. The first-order valence-corrected chi connectivity index (χ1v) is 44.9. The van der Waals surface area contributed by atoms with Gasteiger partial charge in [-0.25, -0.2) is 0 Å². The highest BCUT2D eigenvalue weighted by molar-refractivity contribution is 7.00. The lowest BCUT2D eigenvalue weighted by Gasteiger charge is -2.48. The van der Waals surface area contributed by atoms with Crippen molar-refractivity contribution in [2.24, 2.45) is 0 Å². The van der Waals surface area contributed by atoms with Crippen LogP contribution in [0, 0.1) is 6.92 Å². The summed E-state index contributed by atoms with van der Waals surface area (Å²) in [5.41, 5.74) is 37.6. The van der Waals surface area contributed by atoms with Crippen LogP contribution in [0.2, 0.25) is 0 Å². The number of hydrogen-bond acceptors (Lipinski definition) is 6. The van der Waals surface area contributed by atoms with Crippen LogP contribution in [0.15, 0.2) is 154 Å². The normalized spacial score (nSPS) is 20.6. The molecule has 6 heterocycles. The topological polar surface area (TPSA) is 39.2 Å². The molecule has 1 atom stereocenters. The Morgan fingerprint density at radius 3 is 0.966 bits per heavy atom. The summed E-state index contributed by atoms with van der Waals surface area (Å²) >= 11 is 0. The minimum atomic E-state index is -0.324. The molecule has 0 amide bonds. The molecule has 8 aromatic carbocycles. The fraction of sp³-hybridized carbons (Fsp3) is 0.486. The van der Waals surface area contributed by atoms with Gasteiger partial charge in [0, 0.05) is 78.8 Å². The van der Waals surface area contributed by atoms with E-state index in [0.717, 1.165) is 87.0 Å². The van der Waals surface area contributed by atoms with Gasteiger partial charge in [-0.1, -0.05) is 261 Å². The van der Waals surface area contributed by atoms with Crippen LogP contribution in [-0.4, -0.2) is 13.4 Å². The van der Waals surface area contributed by atoms with Crippen molar-refractivity contribution in [1.29, 1.82) is 0 Å². The molecular formula is C109H134B2N4O2. The van der Waals surface area contributed by atoms with E-state index in [2.05, 4.69) is 373 Å². The molecule has 0 N–H and O–H groups in total. The van der Waals surface area contributed by atoms with Crippen molar-refractivity contribution in [2.75, 3.05) is 19.6 Å². The van der Waals surface area contributed by atoms with E-state index in [1.54, 1.807) is 0 Å². The first kappa shape index (κ1) is 79.8. The molecule has 18 rings (SSSR count). The van der Waals surface area contributed by atoms with E-state index in [-0.39, 0.29) is 83.8 Å². The third kappa shape index (κ3) is 12.3. The first-order valence-electron chi connectivity index (χ1n) is 44.9. The van der Waals surface area contributed by atoms with Crippen molar-refractivity contribution < 1.29 is 8.83 Å². The van der Waals surface area contributed by atoms with E-state index in [4.69, 9.17) is 8.83 Å². The average Bonchev–Trinajstić information content (AvgIpc) is 1.63. The zero-order valence-electron chi connectivity index (χ0n) is 77.2. The smallest absolute Gasteiger partial charge is 0.297 e. The number of anilines is 12. The average molecular weight is 1550 g/mol. The Morgan fingerprint density at radius 1 is 0.308 bits per heavy atom. The highest BCUT2D eigenvalue weighted by Gasteiger charge is 2.57. The molecule has 0 bridgehead atoms. The van der Waals surface area contributed by atoms with Crippen molar-refractivity contribution in [3.63, 3.8) is 0 Å². The van der Waals surface area contributed by atoms with E-state index < -0.39 is 0 Å². The lowest BCUT2D eigenvalue weighted by molar-refractivity contribution is 0.272. The highest BCUT2D eigenvalue weighted by atomic mass is 16.3. The molecule has 8 heteroatoms. The fourth-order valence-corrected chi connectivity index (χ4v) is 22.6. The zero-order chi connectivity index (χ0) is 83.9. The molecule has 6 nitrogen and oxygen atoms in total. The van der Waals surface area contributed by atoms with Crippen molar-refractivity contribution in [3.05, 3.63) is 224 Å². The molecular weight excluding hydrogens is 1420 g/mol. The molecule has 0 saturated carbocycles. The van der Waals surface area contributed by atoms with Crippen LogP contribution < -0.4 is 52.8 Å². The van der Waals surface area contributed by atoms with E-state index in [0.29, 0.717) is 0 Å². The number of furan rings is 2. The van der Waals surface area contributed by atoms with Crippen LogP contribution >= 0.6 is 0 Å². The molecule has 0 fully saturated rings. The number of nitrogens with zero attached hydrogens (tertiary/aromatic N) is 4. The summed E-state index contributed by atoms with van der Waals surface area (Å²) in [6, 6.07) is 59.9. The lowest BCUT2D eigenvalue weighted by atomic mass is 9.34. The Bertz CT molecular complexity index is 5740. The maximum Gasteiger partial charge on any atom is 0.297 e. The highest BCUT2D eigenvalue weighted by Crippen LogP contribution is 2.61. The van der Waals surface area contributed by atoms with Crippen LogP contribution in [0.3, 0.4) is 0 Å². The summed E-state index contributed by atoms with van der Waals surface area (Å²) in [6.07, 6.45) is 10.7. The predicted molar refractivity (Wildman–Crippen MR) is 503 cm³/mol. The maximum atomic E-state index is 8.05. The van der Waals surface area contributed by atoms with E-state index in [1.165, 1.54) is 157 Å². The number of benzene rings is 8. The van der Waals surface area contributed by atoms with Gasteiger partial charge in [0.2, 0.25) is 0 Å². The summed E-state index contributed by atoms with van der Waals surface area (Å²) in [5.74, 6) is 2.32. The van der Waals surface area contributed by atoms with Crippen LogP contribution in [0.1, 0.15) is 343 Å². The number of hydrogen-bond donors (Lipinski definition) is 0. The minimum Gasteiger partial charge on any atom is -0.472 e. The molecule has 2 aromatic heterocycles. The SMILES string of the molecule is Cc1cc2c3c(c1)N(c1ccc(C(C)(C)C)cc1)c1c(oc4c1C(C)(C)CCC4(C)C)B3c1cc3c(cc1N2c1ccc(C(C)(C)C)cc1)C(C)(C)CCC3(C)CCC(C)(C)c1cc2c3c(c1)N(c1ccc(C(C)(C)C)cc1)c1c(oc4c1C(C)(C)CCC4(C)C)B3c1cc3c(cc1N2c1ccc(C(C)(C)C)cc1)C(C)(C)CCC3(C)C. The summed E-state index contributed by atoms with van der Waals surface area (Å²) < 4.78 is 16.1. The Hall–Kier alpha value is -8.35. The Balaban J connectivity index is 0.858. The van der Waals surface area contributed by atoms with Crippen LogP contribution in [0.25, 0.3) is 0 Å². The van der Waals surface area contributed by atoms with Gasteiger partial charge < -0.3 is 28.4 Å². The maximum absolute atomic E-state index is 8.05. The monoisotopic (exact) mass is 1550 g/mol. The van der Waals surface area contributed by atoms with Gasteiger partial charge in [0.1, 0.15) is 11.5 Å². The van der Waals surface area contributed by atoms with Gasteiger partial charge in [-0.15, -0.1) is 0 Å². The van der Waals surface area contributed by atoms with Gasteiger partial charge in [-0.3, -0.25) is 0 Å². The quantitative estimate of drug-likeness (QED) is 0.141. The summed E-state index contributed by atoms with van der Waals surface area (Å²) in [6.45, 7) is 72.9. The van der Waals surface area contributed by atoms with Gasteiger partial charge >= 0.3 is 0 Å². The largest absolute Gasteiger partial charge is 0.472 e. The standard InChI is InChI=1S/C109H134B2N4O2/c1-65-57-83-89-84(58-65)114(73-43-35-68(36-44-73)99(8,9)10)91-87-93(107(26,27)51-49-105(87,22)23)116-95(91)111(89)80-62-78-77(64-82(80)112(83)71-39-31-66(32-40-71)97(2,3)4)104(20,21)54-56-109(78,30)55-53-101(14,15)70-59-85-90-86(60-70)115(74-45-37-69(38-46-74)100(11,12)13)92-88-94(108(28,29)52-50-106(88,24)25)117-96(92)110(90)79-61-75-76(103(18,19)48-47-102(75,16)17)63-81(79)113(85)72-41-33-67(34-42-72)98(5,6)7/h31-46,57-64H,47-56H2,1-30H3. The second-order valence-electron chi connectivity index (χ2n) is 47.6. The Labute approximate surface area is 705 Å². The molecule has 608 valence electrons. The van der Waals surface area contributed by atoms with E-state index in [9.17, 15) is 0 Å². The number of aryl methyl sites for hydroxylation is 1. The summed E-state index contributed by atoms with van der Waals surface area (Å²) in [4.78, 5) is 10.8. The van der Waals surface area contributed by atoms with Crippen molar-refractivity contribution in [3.8, 4) is 0 Å². The second-order valence-corrected chi connectivity index (χ2v) is 47.6. The summed E-state index contributed by atoms with van der Waals surface area (Å²) in [7, 11) is 0. The molecule has 0 spiro atoms. The van der Waals surface area contributed by atoms with Crippen molar-refractivity contribution in [2.45, 2.75) is 342 Å². The third-order valence-electron chi connectivity index (χ3n) is 31.1. The van der Waals surface area contributed by atoms with E-state index in [1.807, 2.05) is 0 Å². The van der Waals surface area contributed by atoms with Crippen LogP contribution in [0.4, 0.5) is 68.2 Å². The molecule has 117 heavy (non-hydrogen) atoms. The van der Waals surface area contributed by atoms with E-state index >= 15 is 0 Å². The Kier molecular flexibility index (Phi) is 17.3. The first-order chi connectivity index (χ1) is 54.2. The molecule has 4 aliphatic heterocycles. The van der Waals surface area contributed by atoms with Gasteiger partial charge in [-0.05, 0) is 293 Å². The third-order valence-corrected chi connectivity index (χ3v) is 31.1.